The van der Waals surface area contributed by atoms with E-state index in [0.717, 1.165) is 18.8 Å². The predicted octanol–water partition coefficient (Wildman–Crippen LogP) is 3.16. The van der Waals surface area contributed by atoms with Crippen LogP contribution in [0.3, 0.4) is 0 Å². The average Bonchev–Trinajstić information content (AvgIpc) is 2.95. The number of nitrogens with zero attached hydrogens (tertiary/aromatic N) is 2. The molecule has 0 radical (unpaired) electrons. The molecule has 1 aromatic heterocycles. The summed E-state index contributed by atoms with van der Waals surface area (Å²) in [5.74, 6) is 4.78. The second-order valence-electron chi connectivity index (χ2n) is 5.32. The highest BCUT2D eigenvalue weighted by atomic mass is 19.4. The largest absolute Gasteiger partial charge is 0.451 e. The maximum Gasteiger partial charge on any atom is 0.451 e. The number of rotatable bonds is 6. The third-order valence-electron chi connectivity index (χ3n) is 3.70. The Labute approximate surface area is 121 Å². The van der Waals surface area contributed by atoms with Crippen molar-refractivity contribution >= 4 is 11.6 Å². The number of anilines is 2. The van der Waals surface area contributed by atoms with Gasteiger partial charge in [0.15, 0.2) is 0 Å². The maximum atomic E-state index is 12.7. The van der Waals surface area contributed by atoms with Crippen molar-refractivity contribution in [2.75, 3.05) is 17.3 Å². The zero-order valence-corrected chi connectivity index (χ0v) is 11.7. The van der Waals surface area contributed by atoms with E-state index in [0.29, 0.717) is 6.54 Å². The molecule has 1 aliphatic carbocycles. The second kappa shape index (κ2) is 6.93. The first-order chi connectivity index (χ1) is 9.99. The fraction of sp³-hybridized carbons (Fsp3) is 0.692. The van der Waals surface area contributed by atoms with Crippen LogP contribution in [0.15, 0.2) is 6.07 Å². The summed E-state index contributed by atoms with van der Waals surface area (Å²) in [5, 5.41) is 2.91. The minimum atomic E-state index is -4.59. The minimum absolute atomic E-state index is 0.0596. The van der Waals surface area contributed by atoms with Gasteiger partial charge in [0.05, 0.1) is 0 Å². The van der Waals surface area contributed by atoms with Gasteiger partial charge in [-0.15, -0.1) is 0 Å². The van der Waals surface area contributed by atoms with Gasteiger partial charge in [-0.25, -0.2) is 15.8 Å². The van der Waals surface area contributed by atoms with E-state index in [9.17, 15) is 13.2 Å². The van der Waals surface area contributed by atoms with Crippen molar-refractivity contribution in [2.24, 2.45) is 11.8 Å². The third kappa shape index (κ3) is 4.73. The van der Waals surface area contributed by atoms with Crippen LogP contribution in [-0.4, -0.2) is 16.5 Å². The van der Waals surface area contributed by atoms with Gasteiger partial charge in [-0.2, -0.15) is 13.2 Å². The Morgan fingerprint density at radius 2 is 1.86 bits per heavy atom. The molecule has 1 saturated carbocycles. The third-order valence-corrected chi connectivity index (χ3v) is 3.70. The lowest BCUT2D eigenvalue weighted by atomic mass is 10.0. The fourth-order valence-electron chi connectivity index (χ4n) is 2.64. The Morgan fingerprint density at radius 1 is 1.19 bits per heavy atom. The monoisotopic (exact) mass is 303 g/mol. The molecule has 8 heteroatoms. The Balaban J connectivity index is 1.89. The van der Waals surface area contributed by atoms with E-state index in [1.807, 2.05) is 0 Å². The molecule has 4 N–H and O–H groups in total. The molecule has 0 spiro atoms. The summed E-state index contributed by atoms with van der Waals surface area (Å²) in [5.41, 5.74) is 2.12. The first-order valence-electron chi connectivity index (χ1n) is 7.16. The van der Waals surface area contributed by atoms with Crippen molar-refractivity contribution in [3.05, 3.63) is 11.9 Å². The van der Waals surface area contributed by atoms with Crippen molar-refractivity contribution in [3.63, 3.8) is 0 Å². The van der Waals surface area contributed by atoms with Gasteiger partial charge in [0.2, 0.25) is 5.82 Å². The highest BCUT2D eigenvalue weighted by Crippen LogP contribution is 2.29. The lowest BCUT2D eigenvalue weighted by Gasteiger charge is -2.12. The van der Waals surface area contributed by atoms with Gasteiger partial charge in [0.1, 0.15) is 11.6 Å². The number of hydrogen-bond acceptors (Lipinski definition) is 5. The van der Waals surface area contributed by atoms with E-state index in [1.165, 1.54) is 31.7 Å². The molecule has 1 aliphatic rings. The van der Waals surface area contributed by atoms with E-state index in [1.54, 1.807) is 0 Å². The van der Waals surface area contributed by atoms with Crippen LogP contribution >= 0.6 is 0 Å². The summed E-state index contributed by atoms with van der Waals surface area (Å²) in [4.78, 5) is 6.78. The van der Waals surface area contributed by atoms with Crippen molar-refractivity contribution in [1.29, 1.82) is 0 Å². The minimum Gasteiger partial charge on any atom is -0.370 e. The Kier molecular flexibility index (Phi) is 5.22. The van der Waals surface area contributed by atoms with Crippen LogP contribution < -0.4 is 16.6 Å². The van der Waals surface area contributed by atoms with Crippen molar-refractivity contribution in [1.82, 2.24) is 9.97 Å². The van der Waals surface area contributed by atoms with Crippen LogP contribution in [0.2, 0.25) is 0 Å². The second-order valence-corrected chi connectivity index (χ2v) is 5.32. The summed E-state index contributed by atoms with van der Waals surface area (Å²) in [6.07, 6.45) is 2.57. The molecule has 0 amide bonds. The summed E-state index contributed by atoms with van der Waals surface area (Å²) in [6, 6.07) is 1.37. The first-order valence-corrected chi connectivity index (χ1v) is 7.16. The van der Waals surface area contributed by atoms with E-state index in [4.69, 9.17) is 5.84 Å². The van der Waals surface area contributed by atoms with Gasteiger partial charge in [-0.3, -0.25) is 0 Å². The first kappa shape index (κ1) is 15.8. The molecule has 1 aromatic rings. The van der Waals surface area contributed by atoms with Crippen LogP contribution in [0.5, 0.6) is 0 Å². The van der Waals surface area contributed by atoms with E-state index < -0.39 is 12.0 Å². The molecule has 5 nitrogen and oxygen atoms in total. The maximum absolute atomic E-state index is 12.7. The van der Waals surface area contributed by atoms with E-state index in [2.05, 4.69) is 20.7 Å². The number of alkyl halides is 3. The average molecular weight is 303 g/mol. The SMILES string of the molecule is NNc1cc(NCCCC2CCCC2)nc(C(F)(F)F)n1. The Morgan fingerprint density at radius 3 is 2.48 bits per heavy atom. The fourth-order valence-corrected chi connectivity index (χ4v) is 2.64. The van der Waals surface area contributed by atoms with Crippen LogP contribution in [0.1, 0.15) is 44.3 Å². The molecular weight excluding hydrogens is 283 g/mol. The lowest BCUT2D eigenvalue weighted by molar-refractivity contribution is -0.144. The van der Waals surface area contributed by atoms with Crippen molar-refractivity contribution in [2.45, 2.75) is 44.7 Å². The van der Waals surface area contributed by atoms with Gasteiger partial charge >= 0.3 is 6.18 Å². The summed E-state index contributed by atoms with van der Waals surface area (Å²) < 4.78 is 38.0. The van der Waals surface area contributed by atoms with Crippen LogP contribution in [0, 0.1) is 5.92 Å². The molecule has 118 valence electrons. The standard InChI is InChI=1S/C13H20F3N5/c14-13(15,16)12-19-10(8-11(20-12)21-17)18-7-3-6-9-4-1-2-5-9/h8-9H,1-7,17H2,(H2,18,19,20,21). The van der Waals surface area contributed by atoms with Crippen LogP contribution in [-0.2, 0) is 6.18 Å². The molecule has 21 heavy (non-hydrogen) atoms. The number of nitrogen functional groups attached to an aromatic ring is 1. The number of nitrogens with two attached hydrogens (primary N) is 1. The molecule has 0 aromatic carbocycles. The molecule has 0 bridgehead atoms. The van der Waals surface area contributed by atoms with Gasteiger partial charge in [0.25, 0.3) is 0 Å². The summed E-state index contributed by atoms with van der Waals surface area (Å²) in [6.45, 7) is 0.592. The molecule has 1 heterocycles. The van der Waals surface area contributed by atoms with E-state index >= 15 is 0 Å². The number of halogens is 3. The quantitative estimate of drug-likeness (QED) is 0.427. The number of hydrazine groups is 1. The van der Waals surface area contributed by atoms with Crippen molar-refractivity contribution < 1.29 is 13.2 Å². The van der Waals surface area contributed by atoms with Gasteiger partial charge < -0.3 is 10.7 Å². The smallest absolute Gasteiger partial charge is 0.370 e. The Hall–Kier alpha value is -1.57. The highest BCUT2D eigenvalue weighted by Gasteiger charge is 2.35. The van der Waals surface area contributed by atoms with Crippen LogP contribution in [0.25, 0.3) is 0 Å². The number of nitrogens with one attached hydrogen (secondary N) is 2. The normalized spacial score (nSPS) is 16.2. The molecular formula is C13H20F3N5. The van der Waals surface area contributed by atoms with E-state index in [-0.39, 0.29) is 11.6 Å². The molecule has 0 atom stereocenters. The van der Waals surface area contributed by atoms with Crippen LogP contribution in [0.4, 0.5) is 24.8 Å². The molecule has 0 aliphatic heterocycles. The molecule has 0 saturated heterocycles. The molecule has 2 rings (SSSR count). The topological polar surface area (TPSA) is 75.9 Å². The number of aromatic nitrogens is 2. The highest BCUT2D eigenvalue weighted by molar-refractivity contribution is 5.47. The molecule has 1 fully saturated rings. The van der Waals surface area contributed by atoms with Gasteiger partial charge in [0, 0.05) is 12.6 Å². The van der Waals surface area contributed by atoms with Crippen molar-refractivity contribution in [3.8, 4) is 0 Å². The van der Waals surface area contributed by atoms with Gasteiger partial charge in [-0.1, -0.05) is 25.7 Å². The van der Waals surface area contributed by atoms with Gasteiger partial charge in [-0.05, 0) is 18.8 Å². The zero-order valence-electron chi connectivity index (χ0n) is 11.7. The Bertz CT molecular complexity index is 458. The number of hydrogen-bond donors (Lipinski definition) is 3. The zero-order chi connectivity index (χ0) is 15.3. The molecule has 0 unspecified atom stereocenters. The summed E-state index contributed by atoms with van der Waals surface area (Å²) >= 11 is 0. The summed E-state index contributed by atoms with van der Waals surface area (Å²) in [7, 11) is 0. The lowest BCUT2D eigenvalue weighted by Crippen LogP contribution is -2.17. The predicted molar refractivity (Wildman–Crippen MR) is 74.5 cm³/mol.